The van der Waals surface area contributed by atoms with Crippen molar-refractivity contribution >= 4 is 35.0 Å². The molecular weight excluding hydrogens is 304 g/mol. The lowest BCUT2D eigenvalue weighted by Crippen LogP contribution is -2.22. The van der Waals surface area contributed by atoms with E-state index in [1.165, 1.54) is 11.8 Å². The van der Waals surface area contributed by atoms with Crippen molar-refractivity contribution in [1.82, 2.24) is 0 Å². The Morgan fingerprint density at radius 1 is 1.19 bits per heavy atom. The Morgan fingerprint density at radius 2 is 1.81 bits per heavy atom. The summed E-state index contributed by atoms with van der Waals surface area (Å²) < 4.78 is 0. The maximum absolute atomic E-state index is 12.1. The fourth-order valence-corrected chi connectivity index (χ4v) is 2.64. The molecule has 0 saturated heterocycles. The van der Waals surface area contributed by atoms with Gasteiger partial charge in [0, 0.05) is 15.6 Å². The highest BCUT2D eigenvalue weighted by atomic mass is 35.5. The fourth-order valence-electron chi connectivity index (χ4n) is 1.64. The number of benzene rings is 2. The molecule has 5 heteroatoms. The van der Waals surface area contributed by atoms with Crippen LogP contribution in [0.25, 0.3) is 0 Å². The minimum atomic E-state index is -0.234. The highest BCUT2D eigenvalue weighted by Crippen LogP contribution is 2.25. The lowest BCUT2D eigenvalue weighted by molar-refractivity contribution is -0.115. The van der Waals surface area contributed by atoms with Gasteiger partial charge in [-0.2, -0.15) is 5.26 Å². The Bertz CT molecular complexity index is 662. The van der Waals surface area contributed by atoms with Crippen LogP contribution in [0.15, 0.2) is 53.4 Å². The van der Waals surface area contributed by atoms with Crippen molar-refractivity contribution < 1.29 is 4.79 Å². The molecule has 2 rings (SSSR count). The minimum absolute atomic E-state index is 0.0837. The second-order valence-corrected chi connectivity index (χ2v) is 6.24. The molecule has 106 valence electrons. The van der Waals surface area contributed by atoms with Crippen LogP contribution in [0.4, 0.5) is 5.69 Å². The summed E-state index contributed by atoms with van der Waals surface area (Å²) in [7, 11) is 0. The van der Waals surface area contributed by atoms with E-state index in [1.54, 1.807) is 36.4 Å². The van der Waals surface area contributed by atoms with Gasteiger partial charge in [0.05, 0.1) is 16.9 Å². The molecule has 1 unspecified atom stereocenters. The van der Waals surface area contributed by atoms with Crippen LogP contribution >= 0.6 is 23.4 Å². The molecule has 21 heavy (non-hydrogen) atoms. The molecule has 1 amide bonds. The Hall–Kier alpha value is -1.96. The number of nitriles is 1. The highest BCUT2D eigenvalue weighted by Gasteiger charge is 2.14. The van der Waals surface area contributed by atoms with Crippen molar-refractivity contribution in [3.05, 3.63) is 59.1 Å². The molecule has 0 aliphatic heterocycles. The van der Waals surface area contributed by atoms with Crippen molar-refractivity contribution in [3.63, 3.8) is 0 Å². The number of carbonyl (C=O) groups is 1. The summed E-state index contributed by atoms with van der Waals surface area (Å²) in [4.78, 5) is 13.1. The molecule has 0 fully saturated rings. The number of rotatable bonds is 4. The number of nitrogens with one attached hydrogen (secondary N) is 1. The van der Waals surface area contributed by atoms with Crippen LogP contribution in [0, 0.1) is 11.3 Å². The zero-order chi connectivity index (χ0) is 15.2. The molecule has 0 aromatic heterocycles. The van der Waals surface area contributed by atoms with Crippen molar-refractivity contribution in [3.8, 4) is 6.07 Å². The molecule has 0 radical (unpaired) electrons. The molecule has 0 spiro atoms. The Balaban J connectivity index is 1.95. The summed E-state index contributed by atoms with van der Waals surface area (Å²) in [5.41, 5.74) is 1.25. The molecule has 1 atom stereocenters. The zero-order valence-electron chi connectivity index (χ0n) is 11.3. The smallest absolute Gasteiger partial charge is 0.237 e. The average Bonchev–Trinajstić information content (AvgIpc) is 2.50. The van der Waals surface area contributed by atoms with E-state index in [0.717, 1.165) is 4.90 Å². The van der Waals surface area contributed by atoms with Crippen LogP contribution in [0.5, 0.6) is 0 Å². The summed E-state index contributed by atoms with van der Waals surface area (Å²) >= 11 is 7.30. The third-order valence-corrected chi connectivity index (χ3v) is 4.14. The van der Waals surface area contributed by atoms with Gasteiger partial charge in [-0.1, -0.05) is 11.6 Å². The standard InChI is InChI=1S/C16H13ClN2OS/c1-11(21-15-8-4-13(17)5-9-15)16(20)19-14-6-2-12(10-18)3-7-14/h2-9,11H,1H3,(H,19,20). The zero-order valence-corrected chi connectivity index (χ0v) is 12.9. The SMILES string of the molecule is CC(Sc1ccc(Cl)cc1)C(=O)Nc1ccc(C#N)cc1. The first kappa shape index (κ1) is 15.4. The first-order chi connectivity index (χ1) is 10.1. The number of anilines is 1. The van der Waals surface area contributed by atoms with Crippen LogP contribution in [0.3, 0.4) is 0 Å². The number of amides is 1. The first-order valence-electron chi connectivity index (χ1n) is 6.32. The van der Waals surface area contributed by atoms with Gasteiger partial charge in [0.15, 0.2) is 0 Å². The lowest BCUT2D eigenvalue weighted by Gasteiger charge is -2.12. The first-order valence-corrected chi connectivity index (χ1v) is 7.57. The second kappa shape index (κ2) is 7.16. The van der Waals surface area contributed by atoms with E-state index < -0.39 is 0 Å². The van der Waals surface area contributed by atoms with Crippen LogP contribution in [0.1, 0.15) is 12.5 Å². The second-order valence-electron chi connectivity index (χ2n) is 4.39. The van der Waals surface area contributed by atoms with Gasteiger partial charge in [0.1, 0.15) is 0 Å². The molecule has 0 saturated carbocycles. The topological polar surface area (TPSA) is 52.9 Å². The lowest BCUT2D eigenvalue weighted by atomic mass is 10.2. The van der Waals surface area contributed by atoms with Crippen molar-refractivity contribution in [2.24, 2.45) is 0 Å². The number of hydrogen-bond donors (Lipinski definition) is 1. The quantitative estimate of drug-likeness (QED) is 0.854. The van der Waals surface area contributed by atoms with E-state index in [-0.39, 0.29) is 11.2 Å². The number of carbonyl (C=O) groups excluding carboxylic acids is 1. The average molecular weight is 317 g/mol. The summed E-state index contributed by atoms with van der Waals surface area (Å²) in [5, 5.41) is 12.0. The number of thioether (sulfide) groups is 1. The number of halogens is 1. The fraction of sp³-hybridized carbons (Fsp3) is 0.125. The molecule has 2 aromatic rings. The third kappa shape index (κ3) is 4.52. The summed E-state index contributed by atoms with van der Waals surface area (Å²) in [6.07, 6.45) is 0. The van der Waals surface area contributed by atoms with Gasteiger partial charge in [-0.3, -0.25) is 4.79 Å². The highest BCUT2D eigenvalue weighted by molar-refractivity contribution is 8.00. The van der Waals surface area contributed by atoms with Crippen LogP contribution < -0.4 is 5.32 Å². The van der Waals surface area contributed by atoms with Gasteiger partial charge in [-0.05, 0) is 55.5 Å². The van der Waals surface area contributed by atoms with Gasteiger partial charge in [-0.15, -0.1) is 11.8 Å². The Morgan fingerprint density at radius 3 is 2.38 bits per heavy atom. The van der Waals surface area contributed by atoms with Gasteiger partial charge in [0.25, 0.3) is 0 Å². The summed E-state index contributed by atoms with van der Waals surface area (Å²) in [6.45, 7) is 1.85. The molecular formula is C16H13ClN2OS. The van der Waals surface area contributed by atoms with Crippen molar-refractivity contribution in [2.45, 2.75) is 17.1 Å². The minimum Gasteiger partial charge on any atom is -0.325 e. The number of hydrogen-bond acceptors (Lipinski definition) is 3. The Labute approximate surface area is 132 Å². The predicted octanol–water partition coefficient (Wildman–Crippen LogP) is 4.33. The molecule has 0 bridgehead atoms. The molecule has 0 heterocycles. The maximum Gasteiger partial charge on any atom is 0.237 e. The third-order valence-electron chi connectivity index (χ3n) is 2.78. The van der Waals surface area contributed by atoms with Crippen LogP contribution in [-0.4, -0.2) is 11.2 Å². The normalized spacial score (nSPS) is 11.5. The van der Waals surface area contributed by atoms with Gasteiger partial charge < -0.3 is 5.32 Å². The molecule has 0 aliphatic rings. The van der Waals surface area contributed by atoms with Gasteiger partial charge in [0.2, 0.25) is 5.91 Å². The monoisotopic (exact) mass is 316 g/mol. The summed E-state index contributed by atoms with van der Waals surface area (Å²) in [6, 6.07) is 16.2. The van der Waals surface area contributed by atoms with Crippen molar-refractivity contribution in [1.29, 1.82) is 5.26 Å². The van der Waals surface area contributed by atoms with E-state index in [1.807, 2.05) is 25.1 Å². The number of nitrogens with zero attached hydrogens (tertiary/aromatic N) is 1. The predicted molar refractivity (Wildman–Crippen MR) is 86.6 cm³/mol. The summed E-state index contributed by atoms with van der Waals surface area (Å²) in [5.74, 6) is -0.0837. The van der Waals surface area contributed by atoms with E-state index in [4.69, 9.17) is 16.9 Å². The van der Waals surface area contributed by atoms with Crippen LogP contribution in [-0.2, 0) is 4.79 Å². The van der Waals surface area contributed by atoms with E-state index in [0.29, 0.717) is 16.3 Å². The molecule has 1 N–H and O–H groups in total. The largest absolute Gasteiger partial charge is 0.325 e. The van der Waals surface area contributed by atoms with Crippen molar-refractivity contribution in [2.75, 3.05) is 5.32 Å². The molecule has 0 aliphatic carbocycles. The van der Waals surface area contributed by atoms with E-state index in [2.05, 4.69) is 5.32 Å². The molecule has 2 aromatic carbocycles. The maximum atomic E-state index is 12.1. The molecule has 3 nitrogen and oxygen atoms in total. The Kier molecular flexibility index (Phi) is 5.26. The van der Waals surface area contributed by atoms with Gasteiger partial charge >= 0.3 is 0 Å². The van der Waals surface area contributed by atoms with E-state index in [9.17, 15) is 4.79 Å². The van der Waals surface area contributed by atoms with E-state index >= 15 is 0 Å². The van der Waals surface area contributed by atoms with Crippen LogP contribution in [0.2, 0.25) is 5.02 Å². The van der Waals surface area contributed by atoms with Gasteiger partial charge in [-0.25, -0.2) is 0 Å².